The summed E-state index contributed by atoms with van der Waals surface area (Å²) in [6.07, 6.45) is -15.3. The van der Waals surface area contributed by atoms with Crippen LogP contribution >= 0.6 is 0 Å². The molecule has 0 aliphatic carbocycles. The van der Waals surface area contributed by atoms with Crippen molar-refractivity contribution < 1.29 is 41.0 Å². The second-order valence-corrected chi connectivity index (χ2v) is 1.81. The van der Waals surface area contributed by atoms with Gasteiger partial charge in [-0.05, 0) is 0 Å². The number of carboxylic acid groups (broad SMARTS) is 1. The van der Waals surface area contributed by atoms with Crippen molar-refractivity contribution in [1.29, 1.82) is 0 Å². The van der Waals surface area contributed by atoms with Gasteiger partial charge in [-0.25, -0.2) is 13.9 Å². The molecule has 0 radical (unpaired) electrons. The predicted octanol–water partition coefficient (Wildman–Crippen LogP) is 1.54. The van der Waals surface area contributed by atoms with Gasteiger partial charge in [0.25, 0.3) is 6.17 Å². The zero-order chi connectivity index (χ0) is 10.9. The fraction of sp³-hybridized carbons (Fsp3) is 0.750. The second-order valence-electron chi connectivity index (χ2n) is 1.81. The Bertz CT molecular complexity index is 199. The van der Waals surface area contributed by atoms with Gasteiger partial charge in [0, 0.05) is 0 Å². The molecule has 1 unspecified atom stereocenters. The van der Waals surface area contributed by atoms with Crippen LogP contribution in [0.3, 0.4) is 0 Å². The molecule has 1 N–H and O–H groups in total. The molecule has 3 nitrogen and oxygen atoms in total. The van der Waals surface area contributed by atoms with Crippen LogP contribution in [-0.4, -0.2) is 29.7 Å². The van der Waals surface area contributed by atoms with Crippen LogP contribution in [0.25, 0.3) is 0 Å². The van der Waals surface area contributed by atoms with E-state index in [1.807, 2.05) is 4.74 Å². The first-order chi connectivity index (χ1) is 5.56. The van der Waals surface area contributed by atoms with Crippen LogP contribution in [-0.2, 0) is 9.53 Å². The van der Waals surface area contributed by atoms with Crippen LogP contribution in [0.4, 0.5) is 26.3 Å². The predicted molar refractivity (Wildman–Crippen MR) is 24.6 cm³/mol. The van der Waals surface area contributed by atoms with Gasteiger partial charge in [0.15, 0.2) is 0 Å². The summed E-state index contributed by atoms with van der Waals surface area (Å²) in [4.78, 5) is 9.53. The monoisotopic (exact) mass is 212 g/mol. The van der Waals surface area contributed by atoms with Gasteiger partial charge < -0.3 is 5.11 Å². The molecule has 0 aromatic carbocycles. The van der Waals surface area contributed by atoms with Crippen molar-refractivity contribution in [2.24, 2.45) is 0 Å². The summed E-state index contributed by atoms with van der Waals surface area (Å²) in [7, 11) is 0. The Morgan fingerprint density at radius 2 is 1.62 bits per heavy atom. The molecule has 0 saturated heterocycles. The molecular weight excluding hydrogens is 210 g/mol. The molecule has 0 aromatic heterocycles. The lowest BCUT2D eigenvalue weighted by molar-refractivity contribution is -0.433. The highest BCUT2D eigenvalue weighted by Crippen LogP contribution is 2.31. The minimum atomic E-state index is -5.80. The van der Waals surface area contributed by atoms with E-state index in [9.17, 15) is 31.1 Å². The van der Waals surface area contributed by atoms with E-state index >= 15 is 0 Å². The van der Waals surface area contributed by atoms with E-state index in [-0.39, 0.29) is 0 Å². The number of alkyl halides is 6. The minimum absolute atomic E-state index is 1.96. The van der Waals surface area contributed by atoms with Gasteiger partial charge >= 0.3 is 18.4 Å². The van der Waals surface area contributed by atoms with Gasteiger partial charge in [-0.2, -0.15) is 8.78 Å². The average Bonchev–Trinajstić information content (AvgIpc) is 1.80. The summed E-state index contributed by atoms with van der Waals surface area (Å²) >= 11 is 0. The van der Waals surface area contributed by atoms with Crippen LogP contribution in [0.1, 0.15) is 0 Å². The minimum Gasteiger partial charge on any atom is -0.479 e. The third kappa shape index (κ3) is 3.97. The molecule has 0 rings (SSSR count). The van der Waals surface area contributed by atoms with Gasteiger partial charge in [0.1, 0.15) is 0 Å². The highest BCUT2D eigenvalue weighted by Gasteiger charge is 2.54. The number of hydrogen-bond donors (Lipinski definition) is 1. The quantitative estimate of drug-likeness (QED) is 0.721. The number of carboxylic acids is 1. The summed E-state index contributed by atoms with van der Waals surface area (Å²) < 4.78 is 70.9. The van der Waals surface area contributed by atoms with Crippen molar-refractivity contribution in [3.63, 3.8) is 0 Å². The molecule has 0 fully saturated rings. The summed E-state index contributed by atoms with van der Waals surface area (Å²) in [6, 6.07) is 0. The Balaban J connectivity index is 4.48. The molecule has 0 heterocycles. The molecule has 9 heteroatoms. The molecule has 0 aliphatic rings. The topological polar surface area (TPSA) is 46.5 Å². The van der Waals surface area contributed by atoms with E-state index in [1.54, 1.807) is 0 Å². The number of aliphatic carboxylic acids is 1. The molecule has 0 aliphatic heterocycles. The zero-order valence-electron chi connectivity index (χ0n) is 5.61. The van der Waals surface area contributed by atoms with E-state index in [2.05, 4.69) is 0 Å². The molecule has 0 bridgehead atoms. The molecular formula is C4H2F6O3. The van der Waals surface area contributed by atoms with Gasteiger partial charge in [0.05, 0.1) is 0 Å². The number of carbonyl (C=O) groups is 1. The Kier molecular flexibility index (Phi) is 3.14. The third-order valence-electron chi connectivity index (χ3n) is 0.764. The highest BCUT2D eigenvalue weighted by atomic mass is 19.4. The third-order valence-corrected chi connectivity index (χ3v) is 0.764. The fourth-order valence-electron chi connectivity index (χ4n) is 0.350. The first-order valence-corrected chi connectivity index (χ1v) is 2.58. The largest absolute Gasteiger partial charge is 0.527 e. The van der Waals surface area contributed by atoms with Gasteiger partial charge in [-0.1, -0.05) is 0 Å². The standard InChI is InChI=1S/C4H2F6O3/c5-1(2(11)12)3(6,7)13-4(8,9)10/h1H,(H,11,12). The first-order valence-electron chi connectivity index (χ1n) is 2.58. The SMILES string of the molecule is O=C(O)C(F)C(F)(F)OC(F)(F)F. The van der Waals surface area contributed by atoms with E-state index in [1.165, 1.54) is 0 Å². The maximum atomic E-state index is 11.9. The Hall–Kier alpha value is -0.990. The number of rotatable bonds is 3. The summed E-state index contributed by atoms with van der Waals surface area (Å²) in [6.45, 7) is 0. The number of hydrogen-bond acceptors (Lipinski definition) is 2. The lowest BCUT2D eigenvalue weighted by Gasteiger charge is -2.18. The molecule has 1 atom stereocenters. The summed E-state index contributed by atoms with van der Waals surface area (Å²) in [5.74, 6) is -2.74. The summed E-state index contributed by atoms with van der Waals surface area (Å²) in [5, 5.41) is 7.61. The van der Waals surface area contributed by atoms with E-state index in [0.29, 0.717) is 0 Å². The lowest BCUT2D eigenvalue weighted by atomic mass is 10.4. The van der Waals surface area contributed by atoms with Crippen molar-refractivity contribution in [3.8, 4) is 0 Å². The molecule has 0 spiro atoms. The molecule has 0 amide bonds. The fourth-order valence-corrected chi connectivity index (χ4v) is 0.350. The van der Waals surface area contributed by atoms with E-state index < -0.39 is 24.6 Å². The summed E-state index contributed by atoms with van der Waals surface area (Å²) in [5.41, 5.74) is 0. The van der Waals surface area contributed by atoms with Crippen LogP contribution in [0.15, 0.2) is 0 Å². The maximum absolute atomic E-state index is 11.9. The molecule has 0 saturated carbocycles. The number of halogens is 6. The Labute approximate surface area is 66.9 Å². The van der Waals surface area contributed by atoms with Crippen molar-refractivity contribution in [2.45, 2.75) is 18.6 Å². The smallest absolute Gasteiger partial charge is 0.479 e. The molecule has 78 valence electrons. The lowest BCUT2D eigenvalue weighted by Crippen LogP contribution is -2.42. The normalized spacial score (nSPS) is 15.5. The van der Waals surface area contributed by atoms with Gasteiger partial charge in [-0.3, -0.25) is 0 Å². The van der Waals surface area contributed by atoms with Crippen molar-refractivity contribution >= 4 is 5.97 Å². The average molecular weight is 212 g/mol. The van der Waals surface area contributed by atoms with E-state index in [4.69, 9.17) is 5.11 Å². The van der Waals surface area contributed by atoms with Crippen molar-refractivity contribution in [1.82, 2.24) is 0 Å². The molecule has 13 heavy (non-hydrogen) atoms. The van der Waals surface area contributed by atoms with Crippen molar-refractivity contribution in [2.75, 3.05) is 0 Å². The van der Waals surface area contributed by atoms with Gasteiger partial charge in [0.2, 0.25) is 0 Å². The Morgan fingerprint density at radius 3 is 1.85 bits per heavy atom. The maximum Gasteiger partial charge on any atom is 0.527 e. The number of ether oxygens (including phenoxy) is 1. The van der Waals surface area contributed by atoms with Gasteiger partial charge in [-0.15, -0.1) is 13.2 Å². The zero-order valence-corrected chi connectivity index (χ0v) is 5.61. The molecule has 0 aromatic rings. The second kappa shape index (κ2) is 3.40. The highest BCUT2D eigenvalue weighted by molar-refractivity contribution is 5.73. The van der Waals surface area contributed by atoms with Crippen molar-refractivity contribution in [3.05, 3.63) is 0 Å². The van der Waals surface area contributed by atoms with Crippen LogP contribution < -0.4 is 0 Å². The van der Waals surface area contributed by atoms with Crippen LogP contribution in [0.5, 0.6) is 0 Å². The Morgan fingerprint density at radius 1 is 1.23 bits per heavy atom. The first kappa shape index (κ1) is 12.0. The van der Waals surface area contributed by atoms with E-state index in [0.717, 1.165) is 0 Å². The van der Waals surface area contributed by atoms with Crippen LogP contribution in [0.2, 0.25) is 0 Å². The van der Waals surface area contributed by atoms with Crippen LogP contribution in [0, 0.1) is 0 Å².